The molecule has 1 fully saturated rings. The molecule has 0 radical (unpaired) electrons. The van der Waals surface area contributed by atoms with Gasteiger partial charge < -0.3 is 19.9 Å². The van der Waals surface area contributed by atoms with Gasteiger partial charge in [-0.3, -0.25) is 4.79 Å². The van der Waals surface area contributed by atoms with Crippen molar-refractivity contribution >= 4 is 28.2 Å². The Bertz CT molecular complexity index is 858. The zero-order valence-corrected chi connectivity index (χ0v) is 17.7. The molecule has 0 bridgehead atoms. The Morgan fingerprint density at radius 3 is 2.82 bits per heavy atom. The molecule has 1 aromatic carbocycles. The monoisotopic (exact) mass is 401 g/mol. The average molecular weight is 402 g/mol. The number of thiocarbonyl (C=S) groups is 1. The lowest BCUT2D eigenvalue weighted by Gasteiger charge is -2.36. The van der Waals surface area contributed by atoms with Gasteiger partial charge in [-0.15, -0.1) is 0 Å². The van der Waals surface area contributed by atoms with Crippen molar-refractivity contribution in [3.05, 3.63) is 45.7 Å². The van der Waals surface area contributed by atoms with Crippen molar-refractivity contribution in [1.82, 2.24) is 15.2 Å². The number of nitrogens with one attached hydrogen (secondary N) is 2. The van der Waals surface area contributed by atoms with E-state index >= 15 is 0 Å². The Hall–Kier alpha value is -1.92. The van der Waals surface area contributed by atoms with Gasteiger partial charge in [-0.25, -0.2) is 0 Å². The summed E-state index contributed by atoms with van der Waals surface area (Å²) in [5.41, 5.74) is 2.77. The molecule has 1 heterocycles. The van der Waals surface area contributed by atoms with E-state index in [1.165, 1.54) is 19.3 Å². The van der Waals surface area contributed by atoms with Gasteiger partial charge in [0, 0.05) is 37.4 Å². The van der Waals surface area contributed by atoms with E-state index in [1.807, 2.05) is 19.1 Å². The van der Waals surface area contributed by atoms with E-state index in [1.54, 1.807) is 7.11 Å². The topological polar surface area (TPSA) is 57.4 Å². The Balaban J connectivity index is 1.80. The van der Waals surface area contributed by atoms with Gasteiger partial charge in [-0.1, -0.05) is 31.4 Å². The molecule has 0 aliphatic heterocycles. The molecular formula is C22H31N3O2S. The Kier molecular flexibility index (Phi) is 7.45. The number of rotatable bonds is 7. The molecule has 5 nitrogen and oxygen atoms in total. The van der Waals surface area contributed by atoms with E-state index in [4.69, 9.17) is 17.0 Å². The molecule has 0 unspecified atom stereocenters. The van der Waals surface area contributed by atoms with Crippen LogP contribution in [0.4, 0.5) is 0 Å². The minimum atomic E-state index is -0.0268. The van der Waals surface area contributed by atoms with Crippen molar-refractivity contribution in [2.24, 2.45) is 0 Å². The first-order valence-corrected chi connectivity index (χ1v) is 10.7. The Morgan fingerprint density at radius 2 is 2.07 bits per heavy atom. The lowest BCUT2D eigenvalue weighted by Crippen LogP contribution is -2.47. The van der Waals surface area contributed by atoms with E-state index in [-0.39, 0.29) is 5.56 Å². The minimum Gasteiger partial charge on any atom is -0.385 e. The second-order valence-corrected chi connectivity index (χ2v) is 8.10. The van der Waals surface area contributed by atoms with Crippen molar-refractivity contribution in [3.8, 4) is 0 Å². The predicted octanol–water partition coefficient (Wildman–Crippen LogP) is 3.88. The second-order valence-electron chi connectivity index (χ2n) is 7.71. The van der Waals surface area contributed by atoms with E-state index in [9.17, 15) is 4.79 Å². The van der Waals surface area contributed by atoms with E-state index in [0.717, 1.165) is 52.9 Å². The van der Waals surface area contributed by atoms with Crippen molar-refractivity contribution in [1.29, 1.82) is 0 Å². The normalized spacial score (nSPS) is 14.9. The van der Waals surface area contributed by atoms with Crippen molar-refractivity contribution < 1.29 is 4.74 Å². The molecule has 152 valence electrons. The van der Waals surface area contributed by atoms with E-state index in [2.05, 4.69) is 27.3 Å². The molecule has 1 saturated carbocycles. The first-order valence-electron chi connectivity index (χ1n) is 10.2. The molecule has 1 aliphatic carbocycles. The summed E-state index contributed by atoms with van der Waals surface area (Å²) in [5.74, 6) is 0. The van der Waals surface area contributed by atoms with Gasteiger partial charge in [-0.2, -0.15) is 0 Å². The number of ether oxygens (including phenoxy) is 1. The Labute approximate surface area is 172 Å². The summed E-state index contributed by atoms with van der Waals surface area (Å²) in [5, 5.41) is 5.16. The van der Waals surface area contributed by atoms with Gasteiger partial charge in [0.2, 0.25) is 0 Å². The third-order valence-electron chi connectivity index (χ3n) is 5.50. The fraction of sp³-hybridized carbons (Fsp3) is 0.545. The maximum absolute atomic E-state index is 12.7. The molecule has 28 heavy (non-hydrogen) atoms. The number of nitrogens with zero attached hydrogens (tertiary/aromatic N) is 1. The zero-order chi connectivity index (χ0) is 19.9. The van der Waals surface area contributed by atoms with Crippen LogP contribution in [0.3, 0.4) is 0 Å². The van der Waals surface area contributed by atoms with Gasteiger partial charge in [0.1, 0.15) is 0 Å². The van der Waals surface area contributed by atoms with Crippen LogP contribution in [0.15, 0.2) is 29.1 Å². The highest BCUT2D eigenvalue weighted by Gasteiger charge is 2.24. The molecular weight excluding hydrogens is 370 g/mol. The third kappa shape index (κ3) is 5.32. The standard InChI is InChI=1S/C22H31N3O2S/c1-16-9-10-17-14-18(21(26)24-20(17)13-16)15-25(19-7-4-3-5-8-19)22(28)23-11-6-12-27-2/h9-10,13-14,19H,3-8,11-12,15H2,1-2H3,(H,23,28)(H,24,26). The SMILES string of the molecule is COCCCNC(=S)N(Cc1cc2ccc(C)cc2[nH]c1=O)C1CCCCC1. The number of aromatic amines is 1. The lowest BCUT2D eigenvalue weighted by molar-refractivity contribution is 0.194. The number of fused-ring (bicyclic) bond motifs is 1. The molecule has 6 heteroatoms. The molecule has 3 rings (SSSR count). The van der Waals surface area contributed by atoms with Crippen molar-refractivity contribution in [2.45, 2.75) is 58.0 Å². The molecule has 0 spiro atoms. The number of aryl methyl sites for hydroxylation is 1. The van der Waals surface area contributed by atoms with Crippen LogP contribution in [0.25, 0.3) is 10.9 Å². The summed E-state index contributed by atoms with van der Waals surface area (Å²) >= 11 is 5.72. The van der Waals surface area contributed by atoms with Crippen LogP contribution < -0.4 is 10.9 Å². The van der Waals surface area contributed by atoms with Crippen LogP contribution >= 0.6 is 12.2 Å². The maximum atomic E-state index is 12.7. The number of hydrogen-bond donors (Lipinski definition) is 2. The van der Waals surface area contributed by atoms with Gasteiger partial charge in [0.15, 0.2) is 5.11 Å². The van der Waals surface area contributed by atoms with Gasteiger partial charge >= 0.3 is 0 Å². The van der Waals surface area contributed by atoms with Gasteiger partial charge in [-0.05, 0) is 61.5 Å². The molecule has 1 aromatic heterocycles. The molecule has 0 saturated heterocycles. The number of hydrogen-bond acceptors (Lipinski definition) is 3. The maximum Gasteiger partial charge on any atom is 0.253 e. The number of benzene rings is 1. The fourth-order valence-electron chi connectivity index (χ4n) is 3.93. The minimum absolute atomic E-state index is 0.0268. The zero-order valence-electron chi connectivity index (χ0n) is 16.9. The van der Waals surface area contributed by atoms with Crippen LogP contribution in [0.2, 0.25) is 0 Å². The smallest absolute Gasteiger partial charge is 0.253 e. The van der Waals surface area contributed by atoms with Gasteiger partial charge in [0.05, 0.1) is 6.54 Å². The van der Waals surface area contributed by atoms with Crippen LogP contribution in [0.1, 0.15) is 49.7 Å². The van der Waals surface area contributed by atoms with E-state index < -0.39 is 0 Å². The first-order chi connectivity index (χ1) is 13.6. The first kappa shape index (κ1) is 20.8. The van der Waals surface area contributed by atoms with Crippen LogP contribution in [0.5, 0.6) is 0 Å². The predicted molar refractivity (Wildman–Crippen MR) is 119 cm³/mol. The quantitative estimate of drug-likeness (QED) is 0.545. The van der Waals surface area contributed by atoms with Crippen molar-refractivity contribution in [3.63, 3.8) is 0 Å². The van der Waals surface area contributed by atoms with Crippen LogP contribution in [0, 0.1) is 6.92 Å². The average Bonchev–Trinajstić information content (AvgIpc) is 2.70. The number of pyridine rings is 1. The lowest BCUT2D eigenvalue weighted by atomic mass is 9.94. The highest BCUT2D eigenvalue weighted by molar-refractivity contribution is 7.80. The van der Waals surface area contributed by atoms with Crippen LogP contribution in [-0.2, 0) is 11.3 Å². The van der Waals surface area contributed by atoms with Gasteiger partial charge in [0.25, 0.3) is 5.56 Å². The molecule has 2 aromatic rings. The summed E-state index contributed by atoms with van der Waals surface area (Å²) in [7, 11) is 1.71. The van der Waals surface area contributed by atoms with Crippen molar-refractivity contribution in [2.75, 3.05) is 20.3 Å². The largest absolute Gasteiger partial charge is 0.385 e. The number of methoxy groups -OCH3 is 1. The summed E-state index contributed by atoms with van der Waals surface area (Å²) in [4.78, 5) is 18.0. The van der Waals surface area contributed by atoms with Crippen LogP contribution in [-0.4, -0.2) is 41.3 Å². The highest BCUT2D eigenvalue weighted by atomic mass is 32.1. The number of H-pyrrole nitrogens is 1. The molecule has 0 amide bonds. The number of aromatic nitrogens is 1. The summed E-state index contributed by atoms with van der Waals surface area (Å²) in [6.07, 6.45) is 6.90. The Morgan fingerprint density at radius 1 is 1.29 bits per heavy atom. The fourth-order valence-corrected chi connectivity index (χ4v) is 4.25. The van der Waals surface area contributed by atoms with E-state index in [0.29, 0.717) is 19.2 Å². The summed E-state index contributed by atoms with van der Waals surface area (Å²) in [6, 6.07) is 8.56. The molecule has 1 aliphatic rings. The highest BCUT2D eigenvalue weighted by Crippen LogP contribution is 2.24. The molecule has 0 atom stereocenters. The molecule has 2 N–H and O–H groups in total. The third-order valence-corrected chi connectivity index (χ3v) is 5.88. The summed E-state index contributed by atoms with van der Waals surface area (Å²) in [6.45, 7) is 4.07. The second kappa shape index (κ2) is 10.0. The summed E-state index contributed by atoms with van der Waals surface area (Å²) < 4.78 is 5.12.